The molecule has 0 bridgehead atoms. The molecule has 3 N–H and O–H groups in total. The molecule has 0 radical (unpaired) electrons. The third kappa shape index (κ3) is 5.99. The Balaban J connectivity index is 1.54. The summed E-state index contributed by atoms with van der Waals surface area (Å²) >= 11 is 1.14. The minimum atomic E-state index is -1.84. The lowest BCUT2D eigenvalue weighted by molar-refractivity contribution is 0.0691. The highest BCUT2D eigenvalue weighted by molar-refractivity contribution is 7.82. The first-order valence-corrected chi connectivity index (χ1v) is 15.5. The van der Waals surface area contributed by atoms with E-state index in [-0.39, 0.29) is 17.0 Å². The highest BCUT2D eigenvalue weighted by atomic mass is 32.2. The van der Waals surface area contributed by atoms with E-state index in [0.29, 0.717) is 56.7 Å². The number of halogens is 2. The molecule has 3 aromatic carbocycles. The molecule has 1 atom stereocenters. The van der Waals surface area contributed by atoms with Gasteiger partial charge in [-0.15, -0.1) is 11.3 Å². The molecule has 0 spiro atoms. The van der Waals surface area contributed by atoms with Crippen LogP contribution in [0.15, 0.2) is 70.9 Å². The Labute approximate surface area is 252 Å². The zero-order valence-corrected chi connectivity index (χ0v) is 24.6. The van der Waals surface area contributed by atoms with E-state index < -0.39 is 28.6 Å². The van der Waals surface area contributed by atoms with Gasteiger partial charge in [-0.3, -0.25) is 0 Å². The van der Waals surface area contributed by atoms with Crippen molar-refractivity contribution < 1.29 is 27.6 Å². The number of benzene rings is 3. The van der Waals surface area contributed by atoms with Crippen LogP contribution < -0.4 is 9.88 Å². The first-order valence-electron chi connectivity index (χ1n) is 13.4. The van der Waals surface area contributed by atoms with E-state index in [9.17, 15) is 14.1 Å². The fourth-order valence-corrected chi connectivity index (χ4v) is 6.19. The number of carboxylic acids is 1. The van der Waals surface area contributed by atoms with Crippen LogP contribution in [0.25, 0.3) is 27.5 Å². The number of ether oxygens (including phenoxy) is 1. The second kappa shape index (κ2) is 11.8. The van der Waals surface area contributed by atoms with E-state index >= 15 is 8.78 Å². The van der Waals surface area contributed by atoms with Gasteiger partial charge in [-0.1, -0.05) is 18.2 Å². The number of rotatable bonds is 10. The summed E-state index contributed by atoms with van der Waals surface area (Å²) in [4.78, 5) is 16.1. The van der Waals surface area contributed by atoms with Crippen LogP contribution in [-0.2, 0) is 23.8 Å². The third-order valence-electron chi connectivity index (χ3n) is 7.41. The largest absolute Gasteiger partial charge is 0.497 e. The Hall–Kier alpha value is -4.26. The van der Waals surface area contributed by atoms with Crippen molar-refractivity contribution in [3.05, 3.63) is 100 Å². The maximum Gasteiger partial charge on any atom is 0.355 e. The van der Waals surface area contributed by atoms with Gasteiger partial charge in [0.2, 0.25) is 5.13 Å². The molecule has 0 aliphatic heterocycles. The van der Waals surface area contributed by atoms with E-state index in [4.69, 9.17) is 15.0 Å². The molecule has 0 amide bonds. The molecule has 1 aliphatic rings. The zero-order chi connectivity index (χ0) is 30.2. The number of carboxylic acid groups (broad SMARTS) is 1. The Morgan fingerprint density at radius 3 is 2.60 bits per heavy atom. The van der Waals surface area contributed by atoms with E-state index in [1.54, 1.807) is 47.1 Å². The van der Waals surface area contributed by atoms with Crippen molar-refractivity contribution in [2.45, 2.75) is 30.6 Å². The van der Waals surface area contributed by atoms with Gasteiger partial charge in [0, 0.05) is 28.5 Å². The minimum Gasteiger partial charge on any atom is -0.497 e. The third-order valence-corrected chi connectivity index (χ3v) is 8.94. The average molecular weight is 621 g/mol. The summed E-state index contributed by atoms with van der Waals surface area (Å²) < 4.78 is 49.2. The van der Waals surface area contributed by atoms with Gasteiger partial charge in [-0.05, 0) is 78.8 Å². The summed E-state index contributed by atoms with van der Waals surface area (Å²) in [5.74, 6) is -1.17. The molecule has 1 fully saturated rings. The maximum atomic E-state index is 15.3. The summed E-state index contributed by atoms with van der Waals surface area (Å²) in [5, 5.41) is 21.7. The summed E-state index contributed by atoms with van der Waals surface area (Å²) in [6, 6.07) is 16.0. The molecule has 220 valence electrons. The van der Waals surface area contributed by atoms with Crippen molar-refractivity contribution in [3.8, 4) is 33.3 Å². The maximum absolute atomic E-state index is 15.3. The molecule has 0 saturated heterocycles. The molecule has 2 aromatic heterocycles. The number of methoxy groups -OCH3 is 1. The molecule has 12 heteroatoms. The van der Waals surface area contributed by atoms with Gasteiger partial charge in [0.25, 0.3) is 0 Å². The highest BCUT2D eigenvalue weighted by Crippen LogP contribution is 2.39. The van der Waals surface area contributed by atoms with Crippen molar-refractivity contribution in [3.63, 3.8) is 0 Å². The van der Waals surface area contributed by atoms with Crippen LogP contribution in [0.1, 0.15) is 40.2 Å². The SMILES string of the molecule is COc1cccc(-c2cc(-c3nn(-c4nc(C(=O)O)cs4)c(CC4CC4)c3Cc3ccc(S(N)=O)cc3F)ccc2F)c1. The second-order valence-corrected chi connectivity index (χ2v) is 12.2. The van der Waals surface area contributed by atoms with Crippen LogP contribution in [0.5, 0.6) is 5.75 Å². The van der Waals surface area contributed by atoms with Crippen molar-refractivity contribution in [2.75, 3.05) is 7.11 Å². The fraction of sp³-hybridized carbons (Fsp3) is 0.194. The summed E-state index contributed by atoms with van der Waals surface area (Å²) in [5.41, 5.74) is 3.77. The standard InChI is InChI=1S/C31H26F2N4O4S2/c1-41-21-4-2-3-18(12-21)23-14-20(8-10-25(23)32)29-24(13-19-7-9-22(43(34)40)15-26(19)33)28(11-17-5-6-17)37(36-29)31-35-27(16-42-31)30(38)39/h2-4,7-10,12,14-17H,5-6,11,13,34H2,1H3,(H,38,39). The number of aromatic carboxylic acids is 1. The monoisotopic (exact) mass is 620 g/mol. The highest BCUT2D eigenvalue weighted by Gasteiger charge is 2.30. The number of nitrogens with two attached hydrogens (primary N) is 1. The summed E-state index contributed by atoms with van der Waals surface area (Å²) in [7, 11) is -0.297. The molecular formula is C31H26F2N4O4S2. The van der Waals surface area contributed by atoms with Crippen LogP contribution in [-0.4, -0.2) is 37.2 Å². The molecule has 5 aromatic rings. The number of carbonyl (C=O) groups is 1. The van der Waals surface area contributed by atoms with Crippen LogP contribution >= 0.6 is 11.3 Å². The van der Waals surface area contributed by atoms with Gasteiger partial charge in [0.1, 0.15) is 28.4 Å². The van der Waals surface area contributed by atoms with Crippen LogP contribution in [0, 0.1) is 17.6 Å². The first kappa shape index (κ1) is 28.8. The molecular weight excluding hydrogens is 594 g/mol. The smallest absolute Gasteiger partial charge is 0.355 e. The number of aromatic nitrogens is 3. The Morgan fingerprint density at radius 1 is 1.12 bits per heavy atom. The number of nitrogens with zero attached hydrogens (tertiary/aromatic N) is 3. The van der Waals surface area contributed by atoms with E-state index in [1.165, 1.54) is 24.6 Å². The zero-order valence-electron chi connectivity index (χ0n) is 22.9. The van der Waals surface area contributed by atoms with Crippen molar-refractivity contribution in [1.29, 1.82) is 0 Å². The van der Waals surface area contributed by atoms with Crippen molar-refractivity contribution in [1.82, 2.24) is 14.8 Å². The quantitative estimate of drug-likeness (QED) is 0.193. The predicted octanol–water partition coefficient (Wildman–Crippen LogP) is 6.17. The Bertz CT molecular complexity index is 1880. The molecule has 43 heavy (non-hydrogen) atoms. The number of hydrogen-bond acceptors (Lipinski definition) is 6. The molecule has 6 rings (SSSR count). The lowest BCUT2D eigenvalue weighted by Gasteiger charge is -2.11. The summed E-state index contributed by atoms with van der Waals surface area (Å²) in [6.07, 6.45) is 2.81. The predicted molar refractivity (Wildman–Crippen MR) is 160 cm³/mol. The van der Waals surface area contributed by atoms with Gasteiger partial charge in [0.15, 0.2) is 5.69 Å². The van der Waals surface area contributed by atoms with Crippen LogP contribution in [0.4, 0.5) is 8.78 Å². The minimum absolute atomic E-state index is 0.102. The lowest BCUT2D eigenvalue weighted by atomic mass is 9.94. The lowest BCUT2D eigenvalue weighted by Crippen LogP contribution is -2.07. The van der Waals surface area contributed by atoms with E-state index in [2.05, 4.69) is 4.98 Å². The van der Waals surface area contributed by atoms with Gasteiger partial charge in [-0.2, -0.15) is 5.10 Å². The van der Waals surface area contributed by atoms with Crippen molar-refractivity contribution in [2.24, 2.45) is 11.1 Å². The molecule has 2 heterocycles. The fourth-order valence-electron chi connectivity index (χ4n) is 5.00. The van der Waals surface area contributed by atoms with Gasteiger partial charge >= 0.3 is 5.97 Å². The molecule has 1 unspecified atom stereocenters. The van der Waals surface area contributed by atoms with Crippen LogP contribution in [0.2, 0.25) is 0 Å². The van der Waals surface area contributed by atoms with Crippen LogP contribution in [0.3, 0.4) is 0 Å². The second-order valence-electron chi connectivity index (χ2n) is 10.3. The van der Waals surface area contributed by atoms with E-state index in [1.807, 2.05) is 0 Å². The molecule has 1 saturated carbocycles. The van der Waals surface area contributed by atoms with Gasteiger partial charge < -0.3 is 9.84 Å². The Morgan fingerprint density at radius 2 is 1.93 bits per heavy atom. The number of thiazole rings is 1. The van der Waals surface area contributed by atoms with Crippen molar-refractivity contribution >= 4 is 28.3 Å². The van der Waals surface area contributed by atoms with Gasteiger partial charge in [0.05, 0.1) is 23.4 Å². The van der Waals surface area contributed by atoms with E-state index in [0.717, 1.165) is 35.9 Å². The topological polar surface area (TPSA) is 120 Å². The molecule has 1 aliphatic carbocycles. The molecule has 8 nitrogen and oxygen atoms in total. The number of hydrogen-bond donors (Lipinski definition) is 2. The summed E-state index contributed by atoms with van der Waals surface area (Å²) in [6.45, 7) is 0. The Kier molecular flexibility index (Phi) is 7.91. The van der Waals surface area contributed by atoms with Gasteiger partial charge in [-0.25, -0.2) is 32.6 Å². The average Bonchev–Trinajstić information content (AvgIpc) is 3.56. The first-order chi connectivity index (χ1) is 20.7. The normalized spacial score (nSPS) is 13.7.